The predicted molar refractivity (Wildman–Crippen MR) is 104 cm³/mol. The van der Waals surface area contributed by atoms with E-state index >= 15 is 0 Å². The minimum atomic E-state index is -0.0509. The standard InChI is InChI=1S/C19H23N7O/c1-13-4-5-14(2)17(10-13)21-19(27)25-8-6-24(7-9-25)16-11-18-23-22-15(3)26(18)20-12-16/h4-5,10-12H,6-9H2,1-3H3,(H,21,27). The Morgan fingerprint density at radius 3 is 2.59 bits per heavy atom. The van der Waals surface area contributed by atoms with Gasteiger partial charge in [0.15, 0.2) is 11.5 Å². The molecule has 1 fully saturated rings. The van der Waals surface area contributed by atoms with Gasteiger partial charge in [0.25, 0.3) is 0 Å². The number of piperazine rings is 1. The quantitative estimate of drug-likeness (QED) is 0.754. The summed E-state index contributed by atoms with van der Waals surface area (Å²) in [7, 11) is 0. The molecule has 2 amide bonds. The molecule has 0 unspecified atom stereocenters. The van der Waals surface area contributed by atoms with E-state index in [-0.39, 0.29) is 6.03 Å². The van der Waals surface area contributed by atoms with Gasteiger partial charge >= 0.3 is 6.03 Å². The fraction of sp³-hybridized carbons (Fsp3) is 0.368. The molecule has 0 aliphatic carbocycles. The second kappa shape index (κ2) is 6.86. The lowest BCUT2D eigenvalue weighted by Crippen LogP contribution is -2.50. The molecule has 1 saturated heterocycles. The van der Waals surface area contributed by atoms with Crippen molar-refractivity contribution < 1.29 is 4.79 Å². The Kier molecular flexibility index (Phi) is 4.39. The molecule has 3 heterocycles. The van der Waals surface area contributed by atoms with Crippen molar-refractivity contribution in [1.29, 1.82) is 0 Å². The van der Waals surface area contributed by atoms with Gasteiger partial charge in [-0.2, -0.15) is 9.61 Å². The normalized spacial score (nSPS) is 14.6. The molecule has 27 heavy (non-hydrogen) atoms. The first-order valence-corrected chi connectivity index (χ1v) is 9.07. The highest BCUT2D eigenvalue weighted by atomic mass is 16.2. The van der Waals surface area contributed by atoms with Crippen molar-refractivity contribution in [3.8, 4) is 0 Å². The second-order valence-corrected chi connectivity index (χ2v) is 6.95. The van der Waals surface area contributed by atoms with Crippen LogP contribution in [0.5, 0.6) is 0 Å². The van der Waals surface area contributed by atoms with Crippen molar-refractivity contribution in [2.45, 2.75) is 20.8 Å². The zero-order valence-corrected chi connectivity index (χ0v) is 15.8. The highest BCUT2D eigenvalue weighted by Crippen LogP contribution is 2.19. The Balaban J connectivity index is 1.40. The summed E-state index contributed by atoms with van der Waals surface area (Å²) >= 11 is 0. The lowest BCUT2D eigenvalue weighted by atomic mass is 10.1. The van der Waals surface area contributed by atoms with Gasteiger partial charge in [-0.05, 0) is 38.0 Å². The number of carbonyl (C=O) groups is 1. The summed E-state index contributed by atoms with van der Waals surface area (Å²) in [6.45, 7) is 8.73. The van der Waals surface area contributed by atoms with Gasteiger partial charge in [-0.3, -0.25) is 0 Å². The molecule has 2 aromatic heterocycles. The zero-order chi connectivity index (χ0) is 19.0. The number of rotatable bonds is 2. The summed E-state index contributed by atoms with van der Waals surface area (Å²) in [5.74, 6) is 0.768. The number of anilines is 2. The van der Waals surface area contributed by atoms with Crippen molar-refractivity contribution in [3.05, 3.63) is 47.4 Å². The van der Waals surface area contributed by atoms with Gasteiger partial charge in [-0.15, -0.1) is 10.2 Å². The lowest BCUT2D eigenvalue weighted by molar-refractivity contribution is 0.208. The largest absolute Gasteiger partial charge is 0.367 e. The fourth-order valence-corrected chi connectivity index (χ4v) is 3.30. The molecule has 8 nitrogen and oxygen atoms in total. The van der Waals surface area contributed by atoms with Crippen LogP contribution in [0.15, 0.2) is 30.5 Å². The summed E-state index contributed by atoms with van der Waals surface area (Å²) in [5.41, 5.74) is 4.81. The average Bonchev–Trinajstić information content (AvgIpc) is 3.05. The van der Waals surface area contributed by atoms with Crippen LogP contribution < -0.4 is 10.2 Å². The highest BCUT2D eigenvalue weighted by Gasteiger charge is 2.22. The van der Waals surface area contributed by atoms with E-state index < -0.39 is 0 Å². The minimum Gasteiger partial charge on any atom is -0.367 e. The maximum Gasteiger partial charge on any atom is 0.321 e. The topological polar surface area (TPSA) is 78.7 Å². The van der Waals surface area contributed by atoms with Crippen LogP contribution in [0.4, 0.5) is 16.2 Å². The van der Waals surface area contributed by atoms with E-state index in [9.17, 15) is 4.79 Å². The van der Waals surface area contributed by atoms with Crippen LogP contribution >= 0.6 is 0 Å². The monoisotopic (exact) mass is 365 g/mol. The first-order valence-electron chi connectivity index (χ1n) is 9.07. The number of benzene rings is 1. The zero-order valence-electron chi connectivity index (χ0n) is 15.8. The van der Waals surface area contributed by atoms with Crippen LogP contribution in [-0.2, 0) is 0 Å². The maximum absolute atomic E-state index is 12.6. The number of amides is 2. The molecule has 1 aromatic carbocycles. The average molecular weight is 365 g/mol. The van der Waals surface area contributed by atoms with Crippen molar-refractivity contribution >= 4 is 23.1 Å². The molecule has 140 valence electrons. The molecule has 4 rings (SSSR count). The Morgan fingerprint density at radius 1 is 1.04 bits per heavy atom. The molecule has 1 aliphatic heterocycles. The predicted octanol–water partition coefficient (Wildman–Crippen LogP) is 2.40. The van der Waals surface area contributed by atoms with Crippen molar-refractivity contribution in [1.82, 2.24) is 24.7 Å². The van der Waals surface area contributed by atoms with Crippen molar-refractivity contribution in [2.75, 3.05) is 36.4 Å². The molecular weight excluding hydrogens is 342 g/mol. The van der Waals surface area contributed by atoms with Crippen LogP contribution in [0, 0.1) is 20.8 Å². The number of fused-ring (bicyclic) bond motifs is 1. The van der Waals surface area contributed by atoms with Gasteiger partial charge < -0.3 is 15.1 Å². The van der Waals surface area contributed by atoms with Gasteiger partial charge in [0.1, 0.15) is 0 Å². The Hall–Kier alpha value is -3.16. The molecule has 8 heteroatoms. The number of hydrogen-bond donors (Lipinski definition) is 1. The summed E-state index contributed by atoms with van der Waals surface area (Å²) in [6, 6.07) is 8.01. The van der Waals surface area contributed by atoms with E-state index in [1.165, 1.54) is 0 Å². The van der Waals surface area contributed by atoms with Gasteiger partial charge in [-0.1, -0.05) is 12.1 Å². The van der Waals surface area contributed by atoms with E-state index in [1.54, 1.807) is 4.52 Å². The molecule has 0 radical (unpaired) electrons. The molecule has 1 aliphatic rings. The summed E-state index contributed by atoms with van der Waals surface area (Å²) in [4.78, 5) is 16.7. The molecule has 0 bridgehead atoms. The number of hydrogen-bond acceptors (Lipinski definition) is 5. The lowest BCUT2D eigenvalue weighted by Gasteiger charge is -2.35. The first-order chi connectivity index (χ1) is 13.0. The number of carbonyl (C=O) groups excluding carboxylic acids is 1. The van der Waals surface area contributed by atoms with Crippen LogP contribution in [0.25, 0.3) is 5.65 Å². The van der Waals surface area contributed by atoms with E-state index in [0.29, 0.717) is 13.1 Å². The molecular formula is C19H23N7O. The van der Waals surface area contributed by atoms with Gasteiger partial charge in [0.05, 0.1) is 11.9 Å². The highest BCUT2D eigenvalue weighted by molar-refractivity contribution is 5.90. The fourth-order valence-electron chi connectivity index (χ4n) is 3.30. The van der Waals surface area contributed by atoms with Crippen molar-refractivity contribution in [2.24, 2.45) is 0 Å². The third-order valence-electron chi connectivity index (χ3n) is 4.97. The van der Waals surface area contributed by atoms with E-state index in [2.05, 4.69) is 25.5 Å². The van der Waals surface area contributed by atoms with E-state index in [4.69, 9.17) is 0 Å². The van der Waals surface area contributed by atoms with E-state index in [1.807, 2.05) is 56.1 Å². The number of aromatic nitrogens is 4. The number of urea groups is 1. The summed E-state index contributed by atoms with van der Waals surface area (Å²) in [5, 5.41) is 15.6. The third-order valence-corrected chi connectivity index (χ3v) is 4.97. The van der Waals surface area contributed by atoms with Gasteiger partial charge in [-0.25, -0.2) is 4.79 Å². The molecule has 0 spiro atoms. The van der Waals surface area contributed by atoms with Crippen molar-refractivity contribution in [3.63, 3.8) is 0 Å². The summed E-state index contributed by atoms with van der Waals surface area (Å²) < 4.78 is 1.72. The number of nitrogens with zero attached hydrogens (tertiary/aromatic N) is 6. The Morgan fingerprint density at radius 2 is 1.81 bits per heavy atom. The van der Waals surface area contributed by atoms with Crippen LogP contribution in [0.3, 0.4) is 0 Å². The van der Waals surface area contributed by atoms with Gasteiger partial charge in [0, 0.05) is 37.9 Å². The van der Waals surface area contributed by atoms with E-state index in [0.717, 1.165) is 47.1 Å². The van der Waals surface area contributed by atoms with Crippen LogP contribution in [0.2, 0.25) is 0 Å². The van der Waals surface area contributed by atoms with Crippen LogP contribution in [-0.4, -0.2) is 56.9 Å². The number of nitrogens with one attached hydrogen (secondary N) is 1. The van der Waals surface area contributed by atoms with Gasteiger partial charge in [0.2, 0.25) is 0 Å². The van der Waals surface area contributed by atoms with Crippen LogP contribution in [0.1, 0.15) is 17.0 Å². The number of aryl methyl sites for hydroxylation is 3. The Bertz CT molecular complexity index is 989. The first kappa shape index (κ1) is 17.3. The molecule has 0 saturated carbocycles. The molecule has 1 N–H and O–H groups in total. The molecule has 3 aromatic rings. The third kappa shape index (κ3) is 3.42. The Labute approximate surface area is 157 Å². The SMILES string of the molecule is Cc1ccc(C)c(NC(=O)N2CCN(c3cnn4c(C)nnc4c3)CC2)c1. The maximum atomic E-state index is 12.6. The molecule has 0 atom stereocenters. The second-order valence-electron chi connectivity index (χ2n) is 6.95. The minimum absolute atomic E-state index is 0.0509. The summed E-state index contributed by atoms with van der Waals surface area (Å²) in [6.07, 6.45) is 1.83. The smallest absolute Gasteiger partial charge is 0.321 e.